The average molecular weight is 266 g/mol. The van der Waals surface area contributed by atoms with Gasteiger partial charge in [-0.15, -0.1) is 0 Å². The lowest BCUT2D eigenvalue weighted by Gasteiger charge is -2.05. The minimum atomic E-state index is 0.0294. The van der Waals surface area contributed by atoms with Crippen LogP contribution in [0.3, 0.4) is 0 Å². The molecule has 0 unspecified atom stereocenters. The van der Waals surface area contributed by atoms with Crippen molar-refractivity contribution in [1.29, 1.82) is 0 Å². The van der Waals surface area contributed by atoms with Crippen LogP contribution >= 0.6 is 11.5 Å². The lowest BCUT2D eigenvalue weighted by Crippen LogP contribution is -2.23. The number of hydrogen-bond donors (Lipinski definition) is 1. The molecule has 0 fully saturated rings. The van der Waals surface area contributed by atoms with E-state index in [-0.39, 0.29) is 5.56 Å². The molecule has 0 atom stereocenters. The molecule has 6 heteroatoms. The maximum atomic E-state index is 12.2. The lowest BCUT2D eigenvalue weighted by atomic mass is 10.3. The van der Waals surface area contributed by atoms with Crippen molar-refractivity contribution in [3.63, 3.8) is 0 Å². The van der Waals surface area contributed by atoms with E-state index >= 15 is 0 Å². The van der Waals surface area contributed by atoms with Gasteiger partial charge in [-0.05, 0) is 44.4 Å². The van der Waals surface area contributed by atoms with Crippen molar-refractivity contribution in [3.05, 3.63) is 22.4 Å². The highest BCUT2D eigenvalue weighted by Crippen LogP contribution is 2.15. The van der Waals surface area contributed by atoms with Crippen LogP contribution in [0.15, 0.2) is 11.1 Å². The first-order valence-corrected chi connectivity index (χ1v) is 7.03. The van der Waals surface area contributed by atoms with Crippen LogP contribution in [-0.2, 0) is 6.54 Å². The van der Waals surface area contributed by atoms with E-state index < -0.39 is 0 Å². The van der Waals surface area contributed by atoms with Gasteiger partial charge in [0.15, 0.2) is 4.83 Å². The Morgan fingerprint density at radius 1 is 1.44 bits per heavy atom. The molecule has 5 nitrogen and oxygen atoms in total. The third-order valence-corrected chi connectivity index (χ3v) is 3.66. The normalized spacial score (nSPS) is 11.2. The number of aromatic nitrogens is 3. The summed E-state index contributed by atoms with van der Waals surface area (Å²) in [6.45, 7) is 6.66. The van der Waals surface area contributed by atoms with Gasteiger partial charge in [0.05, 0.1) is 17.4 Å². The highest BCUT2D eigenvalue weighted by molar-refractivity contribution is 7.12. The summed E-state index contributed by atoms with van der Waals surface area (Å²) in [4.78, 5) is 17.2. The van der Waals surface area contributed by atoms with E-state index in [1.165, 1.54) is 11.5 Å². The SMILES string of the molecule is CCCNCCCn1cnc2snc(C)c2c1=O. The van der Waals surface area contributed by atoms with Crippen LogP contribution in [0, 0.1) is 6.92 Å². The Labute approximate surface area is 110 Å². The predicted octanol–water partition coefficient (Wildman–Crippen LogP) is 1.55. The van der Waals surface area contributed by atoms with E-state index in [1.54, 1.807) is 10.9 Å². The van der Waals surface area contributed by atoms with E-state index in [9.17, 15) is 4.79 Å². The van der Waals surface area contributed by atoms with Crippen molar-refractivity contribution in [2.75, 3.05) is 13.1 Å². The Balaban J connectivity index is 2.07. The molecule has 1 N–H and O–H groups in total. The van der Waals surface area contributed by atoms with Gasteiger partial charge >= 0.3 is 0 Å². The van der Waals surface area contributed by atoms with Gasteiger partial charge in [0.2, 0.25) is 0 Å². The van der Waals surface area contributed by atoms with E-state index in [1.807, 2.05) is 6.92 Å². The first-order valence-electron chi connectivity index (χ1n) is 6.26. The maximum Gasteiger partial charge on any atom is 0.263 e. The molecular formula is C12H18N4OS. The van der Waals surface area contributed by atoms with Gasteiger partial charge in [-0.25, -0.2) is 4.98 Å². The first-order chi connectivity index (χ1) is 8.74. The van der Waals surface area contributed by atoms with Crippen LogP contribution in [0.2, 0.25) is 0 Å². The molecule has 0 aliphatic heterocycles. The second-order valence-electron chi connectivity index (χ2n) is 4.29. The monoisotopic (exact) mass is 266 g/mol. The zero-order chi connectivity index (χ0) is 13.0. The highest BCUT2D eigenvalue weighted by atomic mass is 32.1. The fraction of sp³-hybridized carbons (Fsp3) is 0.583. The minimum Gasteiger partial charge on any atom is -0.317 e. The van der Waals surface area contributed by atoms with E-state index in [0.29, 0.717) is 11.9 Å². The number of hydrogen-bond acceptors (Lipinski definition) is 5. The van der Waals surface area contributed by atoms with Crippen molar-refractivity contribution in [2.45, 2.75) is 33.2 Å². The fourth-order valence-corrected chi connectivity index (χ4v) is 2.58. The summed E-state index contributed by atoms with van der Waals surface area (Å²) in [5, 5.41) is 3.99. The summed E-state index contributed by atoms with van der Waals surface area (Å²) in [5.41, 5.74) is 0.813. The number of rotatable bonds is 6. The van der Waals surface area contributed by atoms with Gasteiger partial charge in [0.1, 0.15) is 0 Å². The van der Waals surface area contributed by atoms with Gasteiger partial charge in [-0.3, -0.25) is 9.36 Å². The topological polar surface area (TPSA) is 59.8 Å². The molecule has 0 aromatic carbocycles. The van der Waals surface area contributed by atoms with Crippen molar-refractivity contribution in [2.24, 2.45) is 0 Å². The molecule has 0 aliphatic carbocycles. The summed E-state index contributed by atoms with van der Waals surface area (Å²) in [7, 11) is 0. The van der Waals surface area contributed by atoms with Gasteiger partial charge in [0.25, 0.3) is 5.56 Å². The zero-order valence-corrected chi connectivity index (χ0v) is 11.6. The molecule has 2 aromatic heterocycles. The number of nitrogens with one attached hydrogen (secondary N) is 1. The van der Waals surface area contributed by atoms with Crippen LogP contribution < -0.4 is 10.9 Å². The number of nitrogens with zero attached hydrogens (tertiary/aromatic N) is 3. The maximum absolute atomic E-state index is 12.2. The second-order valence-corrected chi connectivity index (χ2v) is 5.05. The smallest absolute Gasteiger partial charge is 0.263 e. The van der Waals surface area contributed by atoms with Crippen molar-refractivity contribution in [1.82, 2.24) is 19.2 Å². The zero-order valence-electron chi connectivity index (χ0n) is 10.8. The molecule has 2 rings (SSSR count). The minimum absolute atomic E-state index is 0.0294. The average Bonchev–Trinajstić information content (AvgIpc) is 2.74. The van der Waals surface area contributed by atoms with E-state index in [0.717, 1.165) is 36.5 Å². The molecule has 2 heterocycles. The van der Waals surface area contributed by atoms with Crippen LogP contribution in [0.25, 0.3) is 10.2 Å². The largest absolute Gasteiger partial charge is 0.317 e. The summed E-state index contributed by atoms with van der Waals surface area (Å²) in [5.74, 6) is 0. The summed E-state index contributed by atoms with van der Waals surface area (Å²) in [6, 6.07) is 0. The standard InChI is InChI=1S/C12H18N4OS/c1-3-5-13-6-4-7-16-8-14-11-10(12(16)17)9(2)15-18-11/h8,13H,3-7H2,1-2H3. The molecule has 2 aromatic rings. The number of aryl methyl sites for hydroxylation is 2. The molecule has 0 aliphatic rings. The molecular weight excluding hydrogens is 248 g/mol. The van der Waals surface area contributed by atoms with Crippen molar-refractivity contribution < 1.29 is 0 Å². The van der Waals surface area contributed by atoms with Gasteiger partial charge in [-0.1, -0.05) is 6.92 Å². The van der Waals surface area contributed by atoms with E-state index in [2.05, 4.69) is 21.6 Å². The summed E-state index contributed by atoms with van der Waals surface area (Å²) < 4.78 is 5.85. The summed E-state index contributed by atoms with van der Waals surface area (Å²) >= 11 is 1.28. The molecule has 0 radical (unpaired) electrons. The highest BCUT2D eigenvalue weighted by Gasteiger charge is 2.09. The molecule has 0 amide bonds. The van der Waals surface area contributed by atoms with Crippen molar-refractivity contribution in [3.8, 4) is 0 Å². The first kappa shape index (κ1) is 13.2. The third-order valence-electron chi connectivity index (χ3n) is 2.81. The van der Waals surface area contributed by atoms with Crippen LogP contribution in [0.1, 0.15) is 25.5 Å². The molecule has 18 heavy (non-hydrogen) atoms. The van der Waals surface area contributed by atoms with Gasteiger partial charge in [-0.2, -0.15) is 4.37 Å². The van der Waals surface area contributed by atoms with Crippen molar-refractivity contribution >= 4 is 21.7 Å². The Hall–Kier alpha value is -1.27. The van der Waals surface area contributed by atoms with Gasteiger partial charge in [0, 0.05) is 6.54 Å². The van der Waals surface area contributed by atoms with Crippen LogP contribution in [0.5, 0.6) is 0 Å². The predicted molar refractivity (Wildman–Crippen MR) is 74.2 cm³/mol. The quantitative estimate of drug-likeness (QED) is 0.806. The fourth-order valence-electron chi connectivity index (χ4n) is 1.85. The third kappa shape index (κ3) is 2.76. The Morgan fingerprint density at radius 3 is 3.06 bits per heavy atom. The summed E-state index contributed by atoms with van der Waals surface area (Å²) in [6.07, 6.45) is 3.69. The van der Waals surface area contributed by atoms with Crippen LogP contribution in [-0.4, -0.2) is 27.0 Å². The Morgan fingerprint density at radius 2 is 2.28 bits per heavy atom. The number of fused-ring (bicyclic) bond motifs is 1. The molecule has 0 spiro atoms. The Bertz CT molecular complexity index is 575. The molecule has 0 saturated heterocycles. The molecule has 0 saturated carbocycles. The Kier molecular flexibility index (Phi) is 4.43. The molecule has 98 valence electrons. The second kappa shape index (κ2) is 6.06. The van der Waals surface area contributed by atoms with Crippen LogP contribution in [0.4, 0.5) is 0 Å². The van der Waals surface area contributed by atoms with E-state index in [4.69, 9.17) is 0 Å². The van der Waals surface area contributed by atoms with Gasteiger partial charge < -0.3 is 5.32 Å². The molecule has 0 bridgehead atoms. The lowest BCUT2D eigenvalue weighted by molar-refractivity contribution is 0.566.